The van der Waals surface area contributed by atoms with Gasteiger partial charge in [0.2, 0.25) is 10.0 Å². The van der Waals surface area contributed by atoms with Crippen LogP contribution in [-0.2, 0) is 20.4 Å². The van der Waals surface area contributed by atoms with Crippen LogP contribution in [-0.4, -0.2) is 57.0 Å². The topological polar surface area (TPSA) is 61.9 Å². The molecule has 8 heteroatoms. The summed E-state index contributed by atoms with van der Waals surface area (Å²) < 4.78 is 32.2. The summed E-state index contributed by atoms with van der Waals surface area (Å²) in [6.07, 6.45) is 1.83. The Hall–Kier alpha value is -2.78. The molecule has 1 saturated heterocycles. The fourth-order valence-electron chi connectivity index (χ4n) is 5.02. The van der Waals surface area contributed by atoms with Gasteiger partial charge in [0.25, 0.3) is 0 Å². The standard InChI is InChI=1S/C28H33N3O3S2/c1-30(2)36(32,33)26-16-14-25(15-17-26)29-27(35)31-20-18-24(19-21-31)28(34-3,22-10-6-4-7-11-22)23-12-8-5-9-13-23/h4-17,24H,18-21H2,1-3H3,(H,29,35). The SMILES string of the molecule is COC(c1ccccc1)(c1ccccc1)C1CCN(C(=S)Nc2ccc(S(=O)(=O)N(C)C)cc2)CC1. The molecular formula is C28H33N3O3S2. The zero-order valence-electron chi connectivity index (χ0n) is 20.9. The normalized spacial score (nSPS) is 15.2. The molecule has 0 radical (unpaired) electrons. The summed E-state index contributed by atoms with van der Waals surface area (Å²) in [4.78, 5) is 2.43. The van der Waals surface area contributed by atoms with Crippen molar-refractivity contribution >= 4 is 33.0 Å². The molecule has 1 fully saturated rings. The highest BCUT2D eigenvalue weighted by molar-refractivity contribution is 7.89. The van der Waals surface area contributed by atoms with Crippen molar-refractivity contribution in [2.45, 2.75) is 23.3 Å². The van der Waals surface area contributed by atoms with Crippen molar-refractivity contribution in [1.29, 1.82) is 0 Å². The molecule has 0 saturated carbocycles. The van der Waals surface area contributed by atoms with Gasteiger partial charge in [0, 0.05) is 40.0 Å². The van der Waals surface area contributed by atoms with Gasteiger partial charge in [0.05, 0.1) is 4.90 Å². The summed E-state index contributed by atoms with van der Waals surface area (Å²) in [5.41, 5.74) is 2.55. The van der Waals surface area contributed by atoms with Crippen LogP contribution in [0, 0.1) is 5.92 Å². The average Bonchev–Trinajstić information content (AvgIpc) is 2.91. The lowest BCUT2D eigenvalue weighted by molar-refractivity contribution is -0.0457. The van der Waals surface area contributed by atoms with Crippen LogP contribution in [0.25, 0.3) is 0 Å². The molecule has 0 aromatic heterocycles. The van der Waals surface area contributed by atoms with E-state index in [0.29, 0.717) is 5.11 Å². The van der Waals surface area contributed by atoms with E-state index in [1.807, 2.05) is 12.1 Å². The number of benzene rings is 3. The summed E-state index contributed by atoms with van der Waals surface area (Å²) in [5.74, 6) is 0.280. The lowest BCUT2D eigenvalue weighted by atomic mass is 9.72. The van der Waals surface area contributed by atoms with Gasteiger partial charge in [-0.1, -0.05) is 60.7 Å². The predicted molar refractivity (Wildman–Crippen MR) is 149 cm³/mol. The minimum Gasteiger partial charge on any atom is -0.368 e. The number of sulfonamides is 1. The number of piperidine rings is 1. The molecule has 190 valence electrons. The highest BCUT2D eigenvalue weighted by Gasteiger charge is 2.43. The predicted octanol–water partition coefficient (Wildman–Crippen LogP) is 4.94. The third-order valence-electron chi connectivity index (χ3n) is 6.97. The molecule has 3 aromatic carbocycles. The molecule has 1 aliphatic rings. The maximum Gasteiger partial charge on any atom is 0.242 e. The Kier molecular flexibility index (Phi) is 8.10. The number of hydrogen-bond acceptors (Lipinski definition) is 4. The van der Waals surface area contributed by atoms with Crippen molar-refractivity contribution in [3.63, 3.8) is 0 Å². The number of hydrogen-bond donors (Lipinski definition) is 1. The first-order chi connectivity index (χ1) is 17.3. The van der Waals surface area contributed by atoms with E-state index in [2.05, 4.69) is 58.7 Å². The zero-order chi connectivity index (χ0) is 25.8. The van der Waals surface area contributed by atoms with Crippen LogP contribution in [0.5, 0.6) is 0 Å². The quantitative estimate of drug-likeness (QED) is 0.443. The van der Waals surface area contributed by atoms with Gasteiger partial charge in [-0.2, -0.15) is 0 Å². The van der Waals surface area contributed by atoms with Crippen LogP contribution < -0.4 is 5.32 Å². The Bertz CT molecular complexity index is 1220. The number of nitrogens with zero attached hydrogens (tertiary/aromatic N) is 2. The number of thiocarbonyl (C=S) groups is 1. The summed E-state index contributed by atoms with van der Waals surface area (Å²) >= 11 is 5.71. The van der Waals surface area contributed by atoms with Crippen LogP contribution in [0.3, 0.4) is 0 Å². The molecule has 0 unspecified atom stereocenters. The molecule has 0 amide bonds. The average molecular weight is 524 g/mol. The number of rotatable bonds is 7. The van der Waals surface area contributed by atoms with E-state index in [1.54, 1.807) is 31.4 Å². The molecular weight excluding hydrogens is 490 g/mol. The molecule has 0 bridgehead atoms. The van der Waals surface area contributed by atoms with E-state index in [4.69, 9.17) is 17.0 Å². The van der Waals surface area contributed by atoms with Gasteiger partial charge in [-0.15, -0.1) is 0 Å². The van der Waals surface area contributed by atoms with Crippen LogP contribution in [0.4, 0.5) is 5.69 Å². The maximum absolute atomic E-state index is 12.3. The fourth-order valence-corrected chi connectivity index (χ4v) is 6.23. The first-order valence-electron chi connectivity index (χ1n) is 12.0. The third kappa shape index (κ3) is 5.18. The van der Waals surface area contributed by atoms with E-state index < -0.39 is 15.6 Å². The second kappa shape index (κ2) is 11.1. The maximum atomic E-state index is 12.3. The highest BCUT2D eigenvalue weighted by atomic mass is 32.2. The van der Waals surface area contributed by atoms with Crippen molar-refractivity contribution in [3.05, 3.63) is 96.1 Å². The van der Waals surface area contributed by atoms with Crippen LogP contribution in [0.2, 0.25) is 0 Å². The minimum atomic E-state index is -3.46. The molecule has 36 heavy (non-hydrogen) atoms. The minimum absolute atomic E-state index is 0.252. The van der Waals surface area contributed by atoms with Gasteiger partial charge >= 0.3 is 0 Å². The Morgan fingerprint density at radius 2 is 1.42 bits per heavy atom. The largest absolute Gasteiger partial charge is 0.368 e. The lowest BCUT2D eigenvalue weighted by Crippen LogP contribution is -2.47. The number of anilines is 1. The van der Waals surface area contributed by atoms with Gasteiger partial charge in [-0.25, -0.2) is 12.7 Å². The van der Waals surface area contributed by atoms with E-state index in [9.17, 15) is 8.42 Å². The van der Waals surface area contributed by atoms with Crippen molar-refractivity contribution in [2.24, 2.45) is 5.92 Å². The van der Waals surface area contributed by atoms with E-state index >= 15 is 0 Å². The van der Waals surface area contributed by atoms with Gasteiger partial charge < -0.3 is 15.0 Å². The monoisotopic (exact) mass is 523 g/mol. The van der Waals surface area contributed by atoms with Gasteiger partial charge in [0.1, 0.15) is 5.60 Å². The van der Waals surface area contributed by atoms with E-state index in [-0.39, 0.29) is 10.8 Å². The molecule has 0 atom stereocenters. The van der Waals surface area contributed by atoms with E-state index in [1.165, 1.54) is 18.4 Å². The summed E-state index contributed by atoms with van der Waals surface area (Å²) in [6, 6.07) is 27.6. The first-order valence-corrected chi connectivity index (χ1v) is 13.9. The molecule has 1 heterocycles. The molecule has 3 aromatic rings. The fraction of sp³-hybridized carbons (Fsp3) is 0.321. The summed E-state index contributed by atoms with van der Waals surface area (Å²) in [7, 11) is 1.39. The van der Waals surface area contributed by atoms with Crippen LogP contribution in [0.1, 0.15) is 24.0 Å². The first kappa shape index (κ1) is 26.3. The number of likely N-dealkylation sites (tertiary alicyclic amines) is 1. The zero-order valence-corrected chi connectivity index (χ0v) is 22.6. The van der Waals surface area contributed by atoms with Crippen molar-refractivity contribution < 1.29 is 13.2 Å². The van der Waals surface area contributed by atoms with Crippen molar-refractivity contribution in [2.75, 3.05) is 39.6 Å². The Labute approximate surface area is 219 Å². The van der Waals surface area contributed by atoms with Gasteiger partial charge in [-0.3, -0.25) is 0 Å². The molecule has 4 rings (SSSR count). The van der Waals surface area contributed by atoms with E-state index in [0.717, 1.165) is 42.7 Å². The Balaban J connectivity index is 1.47. The smallest absolute Gasteiger partial charge is 0.242 e. The van der Waals surface area contributed by atoms with Crippen molar-refractivity contribution in [3.8, 4) is 0 Å². The summed E-state index contributed by atoms with van der Waals surface area (Å²) in [6.45, 7) is 1.60. The molecule has 1 aliphatic heterocycles. The number of nitrogens with one attached hydrogen (secondary N) is 1. The molecule has 0 aliphatic carbocycles. The van der Waals surface area contributed by atoms with Crippen LogP contribution in [0.15, 0.2) is 89.8 Å². The second-order valence-corrected chi connectivity index (χ2v) is 11.7. The number of ether oxygens (including phenoxy) is 1. The highest BCUT2D eigenvalue weighted by Crippen LogP contribution is 2.44. The molecule has 1 N–H and O–H groups in total. The van der Waals surface area contributed by atoms with Gasteiger partial charge in [0.15, 0.2) is 5.11 Å². The Morgan fingerprint density at radius 3 is 1.86 bits per heavy atom. The summed E-state index contributed by atoms with van der Waals surface area (Å²) in [5, 5.41) is 3.91. The lowest BCUT2D eigenvalue weighted by Gasteiger charge is -2.45. The third-order valence-corrected chi connectivity index (χ3v) is 9.16. The Morgan fingerprint density at radius 1 is 0.917 bits per heavy atom. The molecule has 0 spiro atoms. The second-order valence-electron chi connectivity index (χ2n) is 9.18. The van der Waals surface area contributed by atoms with Crippen LogP contribution >= 0.6 is 12.2 Å². The van der Waals surface area contributed by atoms with Crippen molar-refractivity contribution in [1.82, 2.24) is 9.21 Å². The molecule has 6 nitrogen and oxygen atoms in total. The van der Waals surface area contributed by atoms with Gasteiger partial charge in [-0.05, 0) is 66.4 Å². The number of methoxy groups -OCH3 is 1.